The first-order chi connectivity index (χ1) is 5.20. The zero-order valence-corrected chi connectivity index (χ0v) is 5.90. The second kappa shape index (κ2) is 6.39. The van der Waals surface area contributed by atoms with Crippen molar-refractivity contribution in [3.63, 3.8) is 0 Å². The first kappa shape index (κ1) is 10.7. The number of halogens is 4. The van der Waals surface area contributed by atoms with Gasteiger partial charge < -0.3 is 4.74 Å². The van der Waals surface area contributed by atoms with Crippen molar-refractivity contribution in [2.75, 3.05) is 26.6 Å². The minimum absolute atomic E-state index is 0.517. The molecule has 0 heterocycles. The lowest BCUT2D eigenvalue weighted by atomic mass is 10.4. The molecule has 11 heavy (non-hydrogen) atoms. The van der Waals surface area contributed by atoms with E-state index in [9.17, 15) is 17.6 Å². The summed E-state index contributed by atoms with van der Waals surface area (Å²) in [5.41, 5.74) is 0. The maximum atomic E-state index is 12.0. The topological polar surface area (TPSA) is 9.23 Å². The van der Waals surface area contributed by atoms with Crippen LogP contribution in [0.4, 0.5) is 17.6 Å². The van der Waals surface area contributed by atoms with Crippen molar-refractivity contribution in [3.05, 3.63) is 0 Å². The van der Waals surface area contributed by atoms with E-state index in [1.54, 1.807) is 0 Å². The van der Waals surface area contributed by atoms with Crippen LogP contribution >= 0.6 is 0 Å². The van der Waals surface area contributed by atoms with Gasteiger partial charge in [0.25, 0.3) is 0 Å². The monoisotopic (exact) mass is 174 g/mol. The summed E-state index contributed by atoms with van der Waals surface area (Å²) in [6.07, 6.45) is -3.47. The van der Waals surface area contributed by atoms with Crippen molar-refractivity contribution in [3.8, 4) is 0 Å². The lowest BCUT2D eigenvalue weighted by Gasteiger charge is -2.06. The van der Waals surface area contributed by atoms with E-state index in [2.05, 4.69) is 4.74 Å². The maximum absolute atomic E-state index is 12.0. The van der Waals surface area contributed by atoms with Crippen LogP contribution in [0.5, 0.6) is 0 Å². The van der Waals surface area contributed by atoms with Crippen LogP contribution in [0, 0.1) is 0 Å². The average Bonchev–Trinajstić information content (AvgIpc) is 2.04. The Bertz CT molecular complexity index is 80.7. The van der Waals surface area contributed by atoms with Gasteiger partial charge in [0.2, 0.25) is 0 Å². The Balaban J connectivity index is 3.13. The lowest BCUT2D eigenvalue weighted by Crippen LogP contribution is -2.18. The van der Waals surface area contributed by atoms with Gasteiger partial charge in [-0.2, -0.15) is 0 Å². The summed E-state index contributed by atoms with van der Waals surface area (Å²) >= 11 is 0. The summed E-state index contributed by atoms with van der Waals surface area (Å²) in [4.78, 5) is 0. The SMILES string of the molecule is FCC(F)COCC(F)CF. The van der Waals surface area contributed by atoms with Gasteiger partial charge in [0.15, 0.2) is 12.3 Å². The van der Waals surface area contributed by atoms with Crippen LogP contribution in [-0.2, 0) is 4.74 Å². The predicted molar refractivity (Wildman–Crippen MR) is 32.6 cm³/mol. The molecule has 0 bridgehead atoms. The van der Waals surface area contributed by atoms with Gasteiger partial charge in [-0.25, -0.2) is 17.6 Å². The Morgan fingerprint density at radius 1 is 0.909 bits per heavy atom. The van der Waals surface area contributed by atoms with Crippen molar-refractivity contribution < 1.29 is 22.3 Å². The Hall–Kier alpha value is -0.320. The summed E-state index contributed by atoms with van der Waals surface area (Å²) in [6, 6.07) is 0. The molecule has 0 N–H and O–H groups in total. The summed E-state index contributed by atoms with van der Waals surface area (Å²) < 4.78 is 51.0. The molecule has 0 fully saturated rings. The summed E-state index contributed by atoms with van der Waals surface area (Å²) in [5.74, 6) is 0. The molecule has 0 spiro atoms. The zero-order chi connectivity index (χ0) is 8.69. The van der Waals surface area contributed by atoms with Crippen LogP contribution < -0.4 is 0 Å². The van der Waals surface area contributed by atoms with Crippen molar-refractivity contribution >= 4 is 0 Å². The van der Waals surface area contributed by atoms with E-state index in [1.165, 1.54) is 0 Å². The molecule has 0 radical (unpaired) electrons. The fourth-order valence-electron chi connectivity index (χ4n) is 0.413. The smallest absolute Gasteiger partial charge is 0.151 e. The molecule has 68 valence electrons. The summed E-state index contributed by atoms with van der Waals surface area (Å²) in [5, 5.41) is 0. The van der Waals surface area contributed by atoms with Gasteiger partial charge in [0, 0.05) is 0 Å². The van der Waals surface area contributed by atoms with Crippen LogP contribution in [0.25, 0.3) is 0 Å². The van der Waals surface area contributed by atoms with E-state index >= 15 is 0 Å². The third-order valence-electron chi connectivity index (χ3n) is 0.932. The number of hydrogen-bond donors (Lipinski definition) is 0. The Kier molecular flexibility index (Phi) is 6.21. The van der Waals surface area contributed by atoms with Gasteiger partial charge in [0.1, 0.15) is 13.3 Å². The van der Waals surface area contributed by atoms with Crippen LogP contribution in [0.1, 0.15) is 0 Å². The molecule has 0 aliphatic heterocycles. The van der Waals surface area contributed by atoms with E-state index in [0.29, 0.717) is 0 Å². The maximum Gasteiger partial charge on any atom is 0.151 e. The lowest BCUT2D eigenvalue weighted by molar-refractivity contribution is 0.0319. The van der Waals surface area contributed by atoms with E-state index < -0.39 is 38.9 Å². The molecule has 0 aromatic rings. The van der Waals surface area contributed by atoms with Crippen molar-refractivity contribution in [2.24, 2.45) is 0 Å². The number of hydrogen-bond acceptors (Lipinski definition) is 1. The molecule has 1 nitrogen and oxygen atoms in total. The van der Waals surface area contributed by atoms with Crippen LogP contribution in [0.2, 0.25) is 0 Å². The van der Waals surface area contributed by atoms with Crippen LogP contribution in [-0.4, -0.2) is 38.9 Å². The molecule has 5 heteroatoms. The summed E-state index contributed by atoms with van der Waals surface area (Å²) in [7, 11) is 0. The third kappa shape index (κ3) is 6.09. The van der Waals surface area contributed by atoms with Gasteiger partial charge in [-0.15, -0.1) is 0 Å². The van der Waals surface area contributed by atoms with Crippen molar-refractivity contribution in [2.45, 2.75) is 12.3 Å². The van der Waals surface area contributed by atoms with Crippen LogP contribution in [0.15, 0.2) is 0 Å². The molecule has 0 rings (SSSR count). The number of rotatable bonds is 6. The minimum Gasteiger partial charge on any atom is -0.375 e. The first-order valence-electron chi connectivity index (χ1n) is 3.18. The third-order valence-corrected chi connectivity index (χ3v) is 0.932. The fraction of sp³-hybridized carbons (Fsp3) is 1.00. The molecule has 0 amide bonds. The second-order valence-corrected chi connectivity index (χ2v) is 2.04. The van der Waals surface area contributed by atoms with Gasteiger partial charge in [-0.1, -0.05) is 0 Å². The fourth-order valence-corrected chi connectivity index (χ4v) is 0.413. The quantitative estimate of drug-likeness (QED) is 0.556. The average molecular weight is 174 g/mol. The zero-order valence-electron chi connectivity index (χ0n) is 5.90. The van der Waals surface area contributed by atoms with Gasteiger partial charge in [-0.05, 0) is 0 Å². The van der Waals surface area contributed by atoms with E-state index in [0.717, 1.165) is 0 Å². The van der Waals surface area contributed by atoms with Gasteiger partial charge in [-0.3, -0.25) is 0 Å². The highest BCUT2D eigenvalue weighted by Crippen LogP contribution is 1.97. The molecule has 2 atom stereocenters. The standard InChI is InChI=1S/C6H10F4O/c7-1-5(9)3-11-4-6(10)2-8/h5-6H,1-4H2. The van der Waals surface area contributed by atoms with Crippen LogP contribution in [0.3, 0.4) is 0 Å². The highest BCUT2D eigenvalue weighted by atomic mass is 19.2. The van der Waals surface area contributed by atoms with Crippen molar-refractivity contribution in [1.82, 2.24) is 0 Å². The molecule has 0 saturated heterocycles. The minimum atomic E-state index is -1.73. The molecular weight excluding hydrogens is 164 g/mol. The molecule has 2 unspecified atom stereocenters. The highest BCUT2D eigenvalue weighted by Gasteiger charge is 2.09. The highest BCUT2D eigenvalue weighted by molar-refractivity contribution is 4.54. The molecule has 0 aliphatic rings. The van der Waals surface area contributed by atoms with Gasteiger partial charge in [0.05, 0.1) is 13.2 Å². The Morgan fingerprint density at radius 3 is 1.55 bits per heavy atom. The Morgan fingerprint density at radius 2 is 1.27 bits per heavy atom. The second-order valence-electron chi connectivity index (χ2n) is 2.04. The van der Waals surface area contributed by atoms with E-state index in [4.69, 9.17) is 0 Å². The van der Waals surface area contributed by atoms with Crippen molar-refractivity contribution in [1.29, 1.82) is 0 Å². The molecule has 0 aliphatic carbocycles. The number of alkyl halides is 4. The number of ether oxygens (including phenoxy) is 1. The summed E-state index contributed by atoms with van der Waals surface area (Å²) in [6.45, 7) is -3.35. The first-order valence-corrected chi connectivity index (χ1v) is 3.18. The molecule has 0 saturated carbocycles. The van der Waals surface area contributed by atoms with E-state index in [1.807, 2.05) is 0 Å². The molecule has 0 aromatic carbocycles. The predicted octanol–water partition coefficient (Wildman–Crippen LogP) is 1.62. The van der Waals surface area contributed by atoms with E-state index in [-0.39, 0.29) is 0 Å². The Labute approximate surface area is 62.3 Å². The van der Waals surface area contributed by atoms with Gasteiger partial charge >= 0.3 is 0 Å². The normalized spacial score (nSPS) is 16.4. The molecule has 0 aromatic heterocycles. The largest absolute Gasteiger partial charge is 0.375 e. The molecular formula is C6H10F4O.